The Kier molecular flexibility index (Phi) is 5.26. The van der Waals surface area contributed by atoms with Crippen LogP contribution in [0.5, 0.6) is 5.75 Å². The Bertz CT molecular complexity index is 988. The van der Waals surface area contributed by atoms with Crippen LogP contribution in [0.3, 0.4) is 0 Å². The molecule has 6 nitrogen and oxygen atoms in total. The monoisotopic (exact) mass is 396 g/mol. The summed E-state index contributed by atoms with van der Waals surface area (Å²) in [5, 5.41) is 1.15. The molecule has 1 aromatic heterocycles. The zero-order valence-corrected chi connectivity index (χ0v) is 17.5. The first-order chi connectivity index (χ1) is 14.1. The van der Waals surface area contributed by atoms with E-state index in [9.17, 15) is 4.79 Å². The number of H-pyrrole nitrogens is 1. The van der Waals surface area contributed by atoms with E-state index in [1.165, 1.54) is 18.9 Å². The molecule has 2 aliphatic heterocycles. The van der Waals surface area contributed by atoms with Crippen LogP contribution in [0.2, 0.25) is 0 Å². The molecule has 0 amide bonds. The lowest BCUT2D eigenvalue weighted by molar-refractivity contribution is -0.137. The van der Waals surface area contributed by atoms with E-state index in [0.717, 1.165) is 54.0 Å². The Morgan fingerprint density at radius 2 is 2.14 bits per heavy atom. The summed E-state index contributed by atoms with van der Waals surface area (Å²) < 4.78 is 15.9. The average Bonchev–Trinajstić information content (AvgIpc) is 3.15. The number of methoxy groups -OCH3 is 3. The van der Waals surface area contributed by atoms with Crippen molar-refractivity contribution in [3.63, 3.8) is 0 Å². The molecular formula is C23H28N2O4. The number of allylic oxidation sites excluding steroid dienone is 1. The van der Waals surface area contributed by atoms with E-state index < -0.39 is 0 Å². The van der Waals surface area contributed by atoms with Crippen molar-refractivity contribution in [1.82, 2.24) is 9.88 Å². The van der Waals surface area contributed by atoms with Crippen molar-refractivity contribution in [2.24, 2.45) is 11.8 Å². The van der Waals surface area contributed by atoms with Gasteiger partial charge in [0.15, 0.2) is 0 Å². The molecule has 0 spiro atoms. The van der Waals surface area contributed by atoms with E-state index >= 15 is 0 Å². The maximum atomic E-state index is 12.5. The molecule has 2 aliphatic rings. The van der Waals surface area contributed by atoms with Gasteiger partial charge in [-0.15, -0.1) is 0 Å². The molecule has 4 rings (SSSR count). The van der Waals surface area contributed by atoms with Gasteiger partial charge in [0.25, 0.3) is 0 Å². The van der Waals surface area contributed by atoms with Crippen LogP contribution >= 0.6 is 0 Å². The molecule has 2 aromatic rings. The number of ether oxygens (including phenoxy) is 3. The van der Waals surface area contributed by atoms with Gasteiger partial charge in [-0.25, -0.2) is 4.79 Å². The number of nitrogens with zero attached hydrogens (tertiary/aromatic N) is 1. The lowest BCUT2D eigenvalue weighted by atomic mass is 9.79. The van der Waals surface area contributed by atoms with Gasteiger partial charge in [0.05, 0.1) is 44.6 Å². The number of fused-ring (bicyclic) bond motifs is 5. The van der Waals surface area contributed by atoms with Gasteiger partial charge in [-0.2, -0.15) is 0 Å². The maximum Gasteiger partial charge on any atom is 0.337 e. The van der Waals surface area contributed by atoms with Gasteiger partial charge in [-0.1, -0.05) is 25.5 Å². The van der Waals surface area contributed by atoms with Crippen LogP contribution in [-0.2, 0) is 20.7 Å². The van der Waals surface area contributed by atoms with Crippen molar-refractivity contribution in [3.05, 3.63) is 47.4 Å². The van der Waals surface area contributed by atoms with Crippen molar-refractivity contribution in [1.29, 1.82) is 0 Å². The molecule has 0 unspecified atom stereocenters. The smallest absolute Gasteiger partial charge is 0.337 e. The highest BCUT2D eigenvalue weighted by atomic mass is 16.5. The third kappa shape index (κ3) is 3.16. The van der Waals surface area contributed by atoms with Crippen LogP contribution < -0.4 is 4.74 Å². The Balaban J connectivity index is 1.86. The van der Waals surface area contributed by atoms with E-state index in [2.05, 4.69) is 29.0 Å². The Morgan fingerprint density at radius 1 is 1.31 bits per heavy atom. The molecule has 0 saturated carbocycles. The van der Waals surface area contributed by atoms with Crippen LogP contribution in [0.4, 0.5) is 0 Å². The SMILES string of the molecule is CC[C@@H]1CN2CCc3c([nH]c4cccc(OC)c34)C2=C[C@@H]1/C(=C\OC)C(=O)OC. The lowest BCUT2D eigenvalue weighted by Gasteiger charge is -2.41. The summed E-state index contributed by atoms with van der Waals surface area (Å²) in [5.41, 5.74) is 5.19. The van der Waals surface area contributed by atoms with Gasteiger partial charge in [0.1, 0.15) is 5.75 Å². The minimum atomic E-state index is -0.338. The number of carbonyl (C=O) groups excluding carboxylic acids is 1. The first-order valence-corrected chi connectivity index (χ1v) is 10.1. The van der Waals surface area contributed by atoms with Crippen molar-refractivity contribution >= 4 is 22.6 Å². The highest BCUT2D eigenvalue weighted by Crippen LogP contribution is 2.43. The van der Waals surface area contributed by atoms with Crippen LogP contribution in [0.1, 0.15) is 24.6 Å². The number of aromatic amines is 1. The molecule has 154 valence electrons. The number of hydrogen-bond acceptors (Lipinski definition) is 5. The van der Waals surface area contributed by atoms with Gasteiger partial charge in [-0.05, 0) is 30.0 Å². The highest BCUT2D eigenvalue weighted by Gasteiger charge is 2.37. The molecule has 0 radical (unpaired) electrons. The first-order valence-electron chi connectivity index (χ1n) is 10.1. The number of rotatable bonds is 5. The number of esters is 1. The summed E-state index contributed by atoms with van der Waals surface area (Å²) in [6.45, 7) is 4.02. The van der Waals surface area contributed by atoms with Crippen molar-refractivity contribution in [2.75, 3.05) is 34.4 Å². The van der Waals surface area contributed by atoms with E-state index in [1.54, 1.807) is 14.2 Å². The first kappa shape index (κ1) is 19.4. The Hall–Kier alpha value is -2.89. The number of carbonyl (C=O) groups is 1. The summed E-state index contributed by atoms with van der Waals surface area (Å²) >= 11 is 0. The third-order valence-electron chi connectivity index (χ3n) is 6.19. The summed E-state index contributed by atoms with van der Waals surface area (Å²) in [4.78, 5) is 18.5. The molecule has 1 aromatic carbocycles. The van der Waals surface area contributed by atoms with E-state index in [1.807, 2.05) is 12.1 Å². The number of aromatic nitrogens is 1. The molecule has 0 aliphatic carbocycles. The highest BCUT2D eigenvalue weighted by molar-refractivity contribution is 5.95. The average molecular weight is 396 g/mol. The predicted molar refractivity (Wildman–Crippen MR) is 112 cm³/mol. The summed E-state index contributed by atoms with van der Waals surface area (Å²) in [6.07, 6.45) is 5.67. The van der Waals surface area contributed by atoms with Crippen LogP contribution in [0, 0.1) is 11.8 Å². The fourth-order valence-corrected chi connectivity index (χ4v) is 4.76. The number of nitrogens with one attached hydrogen (secondary N) is 1. The molecule has 3 heterocycles. The van der Waals surface area contributed by atoms with Gasteiger partial charge in [-0.3, -0.25) is 0 Å². The van der Waals surface area contributed by atoms with Crippen LogP contribution in [-0.4, -0.2) is 50.3 Å². The van der Waals surface area contributed by atoms with E-state index in [0.29, 0.717) is 11.5 Å². The maximum absolute atomic E-state index is 12.5. The second-order valence-electron chi connectivity index (χ2n) is 7.60. The van der Waals surface area contributed by atoms with Gasteiger partial charge >= 0.3 is 5.97 Å². The molecule has 1 N–H and O–H groups in total. The Labute approximate surface area is 171 Å². The molecule has 0 bridgehead atoms. The zero-order chi connectivity index (χ0) is 20.5. The molecule has 2 atom stereocenters. The second kappa shape index (κ2) is 7.85. The topological polar surface area (TPSA) is 63.8 Å². The molecule has 29 heavy (non-hydrogen) atoms. The molecule has 0 fully saturated rings. The summed E-state index contributed by atoms with van der Waals surface area (Å²) in [7, 11) is 4.69. The second-order valence-corrected chi connectivity index (χ2v) is 7.60. The van der Waals surface area contributed by atoms with Crippen LogP contribution in [0.15, 0.2) is 36.1 Å². The minimum absolute atomic E-state index is 0.0575. The zero-order valence-electron chi connectivity index (χ0n) is 17.5. The van der Waals surface area contributed by atoms with E-state index in [-0.39, 0.29) is 11.9 Å². The molecular weight excluding hydrogens is 368 g/mol. The lowest BCUT2D eigenvalue weighted by Crippen LogP contribution is -2.40. The van der Waals surface area contributed by atoms with Crippen molar-refractivity contribution < 1.29 is 19.0 Å². The number of hydrogen-bond donors (Lipinski definition) is 1. The van der Waals surface area contributed by atoms with E-state index in [4.69, 9.17) is 14.2 Å². The summed E-state index contributed by atoms with van der Waals surface area (Å²) in [6, 6.07) is 6.09. The Morgan fingerprint density at radius 3 is 2.83 bits per heavy atom. The predicted octanol–water partition coefficient (Wildman–Crippen LogP) is 3.73. The van der Waals surface area contributed by atoms with Gasteiger partial charge < -0.3 is 24.1 Å². The largest absolute Gasteiger partial charge is 0.504 e. The number of benzene rings is 1. The van der Waals surface area contributed by atoms with Gasteiger partial charge in [0, 0.05) is 29.9 Å². The van der Waals surface area contributed by atoms with Crippen molar-refractivity contribution in [2.45, 2.75) is 19.8 Å². The van der Waals surface area contributed by atoms with Gasteiger partial charge in [0.2, 0.25) is 0 Å². The fourth-order valence-electron chi connectivity index (χ4n) is 4.76. The third-order valence-corrected chi connectivity index (χ3v) is 6.19. The minimum Gasteiger partial charge on any atom is -0.504 e. The molecule has 6 heteroatoms. The molecule has 0 saturated heterocycles. The fraction of sp³-hybridized carbons (Fsp3) is 0.435. The van der Waals surface area contributed by atoms with Crippen molar-refractivity contribution in [3.8, 4) is 5.75 Å². The quantitative estimate of drug-likeness (QED) is 0.474. The summed E-state index contributed by atoms with van der Waals surface area (Å²) in [5.74, 6) is 0.815. The normalized spacial score (nSPS) is 21.3. The standard InChI is InChI=1S/C23H28N2O4/c1-5-14-12-25-10-9-15-21-18(7-6-8-20(21)28-3)24-22(15)19(25)11-16(14)17(13-27-2)23(26)29-4/h6-8,11,13-14,16,24H,5,9-10,12H2,1-4H3/b17-13+/t14-,16+/m1/s1. The van der Waals surface area contributed by atoms with Crippen LogP contribution in [0.25, 0.3) is 16.6 Å².